The van der Waals surface area contributed by atoms with E-state index in [1.807, 2.05) is 11.4 Å². The average Bonchev–Trinajstić information content (AvgIpc) is 3.39. The first-order chi connectivity index (χ1) is 14.2. The number of sulfonamides is 2. The van der Waals surface area contributed by atoms with Crippen LogP contribution in [-0.4, -0.2) is 46.8 Å². The summed E-state index contributed by atoms with van der Waals surface area (Å²) in [6, 6.07) is 7.06. The van der Waals surface area contributed by atoms with Crippen LogP contribution in [0.4, 0.5) is 0 Å². The third kappa shape index (κ3) is 4.92. The van der Waals surface area contributed by atoms with Gasteiger partial charge in [0.15, 0.2) is 0 Å². The monoisotopic (exact) mass is 469 g/mol. The molecule has 1 saturated carbocycles. The maximum absolute atomic E-state index is 12.5. The molecule has 1 aromatic carbocycles. The molecule has 1 amide bonds. The van der Waals surface area contributed by atoms with Crippen LogP contribution in [0.25, 0.3) is 0 Å². The summed E-state index contributed by atoms with van der Waals surface area (Å²) in [7, 11) is -7.47. The molecule has 2 heterocycles. The highest BCUT2D eigenvalue weighted by Gasteiger charge is 2.28. The number of nitrogens with one attached hydrogen (secondary N) is 2. The number of carbonyl (C=O) groups is 1. The second-order valence-corrected chi connectivity index (χ2v) is 11.9. The van der Waals surface area contributed by atoms with Crippen molar-refractivity contribution in [2.45, 2.75) is 48.1 Å². The van der Waals surface area contributed by atoms with E-state index < -0.39 is 20.0 Å². The molecule has 2 aromatic rings. The molecular formula is C19H23N3O5S3. The maximum atomic E-state index is 12.5. The van der Waals surface area contributed by atoms with E-state index in [9.17, 15) is 21.6 Å². The largest absolute Gasteiger partial charge is 0.338 e. The van der Waals surface area contributed by atoms with E-state index in [1.54, 1.807) is 16.2 Å². The first kappa shape index (κ1) is 21.4. The number of rotatable bonds is 8. The molecule has 0 saturated heterocycles. The second-order valence-electron chi connectivity index (χ2n) is 7.45. The van der Waals surface area contributed by atoms with E-state index in [1.165, 1.54) is 29.1 Å². The van der Waals surface area contributed by atoms with Gasteiger partial charge in [-0.2, -0.15) is 0 Å². The van der Waals surface area contributed by atoms with Crippen LogP contribution in [0.3, 0.4) is 0 Å². The number of carbonyl (C=O) groups excluding carboxylic acids is 1. The van der Waals surface area contributed by atoms with Gasteiger partial charge in [-0.15, -0.1) is 11.3 Å². The Balaban J connectivity index is 1.31. The molecule has 1 aromatic heterocycles. The molecule has 4 rings (SSSR count). The summed E-state index contributed by atoms with van der Waals surface area (Å²) in [5, 5.41) is 2.02. The Morgan fingerprint density at radius 1 is 1.03 bits per heavy atom. The number of hydrogen-bond donors (Lipinski definition) is 2. The Morgan fingerprint density at radius 3 is 2.37 bits per heavy atom. The lowest BCUT2D eigenvalue weighted by molar-refractivity contribution is -0.131. The van der Waals surface area contributed by atoms with E-state index >= 15 is 0 Å². The lowest BCUT2D eigenvalue weighted by Gasteiger charge is -2.27. The lowest BCUT2D eigenvalue weighted by Crippen LogP contribution is -2.37. The summed E-state index contributed by atoms with van der Waals surface area (Å²) >= 11 is 1.69. The quantitative estimate of drug-likeness (QED) is 0.608. The van der Waals surface area contributed by atoms with Crippen LogP contribution >= 0.6 is 11.3 Å². The molecule has 11 heteroatoms. The van der Waals surface area contributed by atoms with Gasteiger partial charge < -0.3 is 4.90 Å². The van der Waals surface area contributed by atoms with Gasteiger partial charge in [-0.25, -0.2) is 26.3 Å². The first-order valence-corrected chi connectivity index (χ1v) is 13.5. The van der Waals surface area contributed by atoms with Crippen molar-refractivity contribution in [3.63, 3.8) is 0 Å². The normalized spacial score (nSPS) is 17.0. The van der Waals surface area contributed by atoms with Crippen LogP contribution < -0.4 is 9.44 Å². The topological polar surface area (TPSA) is 113 Å². The van der Waals surface area contributed by atoms with E-state index in [-0.39, 0.29) is 34.7 Å². The predicted octanol–water partition coefficient (Wildman–Crippen LogP) is 1.44. The average molecular weight is 470 g/mol. The van der Waals surface area contributed by atoms with Gasteiger partial charge >= 0.3 is 0 Å². The SMILES string of the molecule is O=C(CCNS(=O)(=O)c1ccc(S(=O)(=O)NC2CC2)cc1)N1CCc2sccc2C1. The Bertz CT molecular complexity index is 1140. The first-order valence-electron chi connectivity index (χ1n) is 9.70. The summed E-state index contributed by atoms with van der Waals surface area (Å²) in [5.41, 5.74) is 1.16. The standard InChI is InChI=1S/C19H23N3O5S3/c23-19(22-11-8-18-14(13-22)9-12-28-18)7-10-20-29(24,25)16-3-5-17(6-4-16)30(26,27)21-15-1-2-15/h3-6,9,12,15,20-21H,1-2,7-8,10-11,13H2. The fourth-order valence-corrected chi connectivity index (χ4v) is 6.51. The highest BCUT2D eigenvalue weighted by Crippen LogP contribution is 2.24. The summed E-state index contributed by atoms with van der Waals surface area (Å²) in [6.07, 6.45) is 2.53. The van der Waals surface area contributed by atoms with E-state index in [0.717, 1.165) is 24.8 Å². The van der Waals surface area contributed by atoms with Crippen molar-refractivity contribution < 1.29 is 21.6 Å². The van der Waals surface area contributed by atoms with Crippen LogP contribution in [0.2, 0.25) is 0 Å². The Kier molecular flexibility index (Phi) is 5.99. The van der Waals surface area contributed by atoms with Gasteiger partial charge in [-0.3, -0.25) is 4.79 Å². The fraction of sp³-hybridized carbons (Fsp3) is 0.421. The van der Waals surface area contributed by atoms with Crippen LogP contribution in [0, 0.1) is 0 Å². The zero-order valence-corrected chi connectivity index (χ0v) is 18.7. The summed E-state index contributed by atoms with van der Waals surface area (Å²) in [5.74, 6) is -0.0952. The van der Waals surface area contributed by atoms with E-state index in [0.29, 0.717) is 13.1 Å². The Labute approximate surface area is 180 Å². The number of hydrogen-bond acceptors (Lipinski definition) is 6. The van der Waals surface area contributed by atoms with Crippen LogP contribution in [0.5, 0.6) is 0 Å². The third-order valence-corrected chi connectivity index (χ3v) is 9.17. The highest BCUT2D eigenvalue weighted by atomic mass is 32.2. The molecule has 1 aliphatic carbocycles. The van der Waals surface area contributed by atoms with Crippen molar-refractivity contribution in [2.24, 2.45) is 0 Å². The minimum absolute atomic E-state index is 0.0164. The van der Waals surface area contributed by atoms with E-state index in [2.05, 4.69) is 9.44 Å². The Morgan fingerprint density at radius 2 is 1.70 bits per heavy atom. The number of amides is 1. The zero-order chi connectivity index (χ0) is 21.4. The molecule has 1 aliphatic heterocycles. The van der Waals surface area contributed by atoms with Crippen molar-refractivity contribution in [3.8, 4) is 0 Å². The fourth-order valence-electron chi connectivity index (χ4n) is 3.28. The number of nitrogens with zero attached hydrogens (tertiary/aromatic N) is 1. The molecule has 0 unspecified atom stereocenters. The molecule has 0 spiro atoms. The summed E-state index contributed by atoms with van der Waals surface area (Å²) in [4.78, 5) is 15.5. The molecule has 0 atom stereocenters. The molecule has 2 aliphatic rings. The molecule has 30 heavy (non-hydrogen) atoms. The number of fused-ring (bicyclic) bond motifs is 1. The summed E-state index contributed by atoms with van der Waals surface area (Å²) < 4.78 is 54.3. The van der Waals surface area contributed by atoms with Gasteiger partial charge in [-0.1, -0.05) is 0 Å². The second kappa shape index (κ2) is 8.39. The van der Waals surface area contributed by atoms with Gasteiger partial charge in [0, 0.05) is 37.0 Å². The predicted molar refractivity (Wildman–Crippen MR) is 113 cm³/mol. The molecule has 0 radical (unpaired) electrons. The van der Waals surface area contributed by atoms with Gasteiger partial charge in [0.2, 0.25) is 26.0 Å². The molecule has 1 fully saturated rings. The van der Waals surface area contributed by atoms with Gasteiger partial charge in [0.1, 0.15) is 0 Å². The van der Waals surface area contributed by atoms with Gasteiger partial charge in [0.05, 0.1) is 9.79 Å². The maximum Gasteiger partial charge on any atom is 0.240 e. The van der Waals surface area contributed by atoms with Crippen LogP contribution in [0.15, 0.2) is 45.5 Å². The molecule has 8 nitrogen and oxygen atoms in total. The minimum atomic E-state index is -3.83. The molecule has 0 bridgehead atoms. The molecular weight excluding hydrogens is 446 g/mol. The third-order valence-electron chi connectivity index (χ3n) is 5.13. The van der Waals surface area contributed by atoms with Gasteiger partial charge in [-0.05, 0) is 60.5 Å². The molecule has 2 N–H and O–H groups in total. The zero-order valence-electron chi connectivity index (χ0n) is 16.2. The molecule has 162 valence electrons. The van der Waals surface area contributed by atoms with Crippen LogP contribution in [-0.2, 0) is 37.8 Å². The van der Waals surface area contributed by atoms with Crippen molar-refractivity contribution in [2.75, 3.05) is 13.1 Å². The minimum Gasteiger partial charge on any atom is -0.338 e. The highest BCUT2D eigenvalue weighted by molar-refractivity contribution is 7.90. The summed E-state index contributed by atoms with van der Waals surface area (Å²) in [6.45, 7) is 1.19. The van der Waals surface area contributed by atoms with Crippen LogP contribution in [0.1, 0.15) is 29.7 Å². The lowest BCUT2D eigenvalue weighted by atomic mass is 10.1. The van der Waals surface area contributed by atoms with Crippen molar-refractivity contribution in [1.29, 1.82) is 0 Å². The number of thiophene rings is 1. The smallest absolute Gasteiger partial charge is 0.240 e. The number of benzene rings is 1. The van der Waals surface area contributed by atoms with E-state index in [4.69, 9.17) is 0 Å². The Hall–Kier alpha value is -1.79. The van der Waals surface area contributed by atoms with Crippen molar-refractivity contribution in [3.05, 3.63) is 46.2 Å². The van der Waals surface area contributed by atoms with Gasteiger partial charge in [0.25, 0.3) is 0 Å². The van der Waals surface area contributed by atoms with Crippen molar-refractivity contribution >= 4 is 37.3 Å². The van der Waals surface area contributed by atoms with Crippen molar-refractivity contribution in [1.82, 2.24) is 14.3 Å².